The molecule has 0 spiro atoms. The van der Waals surface area contributed by atoms with Crippen LogP contribution in [-0.4, -0.2) is 32.2 Å². The SMILES string of the molecule is COc1cc2c(cc1OC)C1=CCCN1CC2. The van der Waals surface area contributed by atoms with Crippen LogP contribution >= 0.6 is 0 Å². The third-order valence-corrected chi connectivity index (χ3v) is 3.61. The summed E-state index contributed by atoms with van der Waals surface area (Å²) in [4.78, 5) is 2.45. The van der Waals surface area contributed by atoms with Crippen LogP contribution in [0.5, 0.6) is 11.5 Å². The molecule has 2 heterocycles. The summed E-state index contributed by atoms with van der Waals surface area (Å²) in [6.07, 6.45) is 4.57. The van der Waals surface area contributed by atoms with Crippen LogP contribution in [0.4, 0.5) is 0 Å². The van der Waals surface area contributed by atoms with Gasteiger partial charge in [0.1, 0.15) is 0 Å². The van der Waals surface area contributed by atoms with Crippen molar-refractivity contribution in [2.75, 3.05) is 27.3 Å². The van der Waals surface area contributed by atoms with E-state index in [1.807, 2.05) is 0 Å². The molecule has 1 aromatic rings. The molecule has 0 unspecified atom stereocenters. The first kappa shape index (κ1) is 10.5. The minimum absolute atomic E-state index is 0.820. The number of nitrogens with zero attached hydrogens (tertiary/aromatic N) is 1. The first-order valence-corrected chi connectivity index (χ1v) is 6.04. The van der Waals surface area contributed by atoms with Crippen molar-refractivity contribution >= 4 is 5.70 Å². The van der Waals surface area contributed by atoms with Gasteiger partial charge < -0.3 is 14.4 Å². The lowest BCUT2D eigenvalue weighted by Crippen LogP contribution is -2.26. The summed E-state index contributed by atoms with van der Waals surface area (Å²) >= 11 is 0. The number of fused-ring (bicyclic) bond motifs is 3. The monoisotopic (exact) mass is 231 g/mol. The van der Waals surface area contributed by atoms with Crippen molar-refractivity contribution in [1.82, 2.24) is 4.90 Å². The van der Waals surface area contributed by atoms with Gasteiger partial charge in [0.05, 0.1) is 14.2 Å². The molecule has 0 aliphatic carbocycles. The molecule has 90 valence electrons. The van der Waals surface area contributed by atoms with Gasteiger partial charge in [-0.2, -0.15) is 0 Å². The molecule has 0 N–H and O–H groups in total. The lowest BCUT2D eigenvalue weighted by atomic mass is 9.96. The Morgan fingerprint density at radius 3 is 2.59 bits per heavy atom. The van der Waals surface area contributed by atoms with Crippen molar-refractivity contribution in [3.05, 3.63) is 29.3 Å². The van der Waals surface area contributed by atoms with E-state index in [4.69, 9.17) is 9.47 Å². The summed E-state index contributed by atoms with van der Waals surface area (Å²) in [7, 11) is 3.38. The topological polar surface area (TPSA) is 21.7 Å². The number of hydrogen-bond acceptors (Lipinski definition) is 3. The fourth-order valence-corrected chi connectivity index (χ4v) is 2.74. The zero-order valence-electron chi connectivity index (χ0n) is 10.3. The molecule has 0 aromatic heterocycles. The number of benzene rings is 1. The number of rotatable bonds is 2. The zero-order valence-corrected chi connectivity index (χ0v) is 10.3. The Hall–Kier alpha value is -1.64. The van der Waals surface area contributed by atoms with E-state index in [0.717, 1.165) is 37.4 Å². The third-order valence-electron chi connectivity index (χ3n) is 3.61. The predicted octanol–water partition coefficient (Wildman–Crippen LogP) is 2.31. The van der Waals surface area contributed by atoms with Crippen molar-refractivity contribution in [3.8, 4) is 11.5 Å². The molecule has 1 aromatic carbocycles. The van der Waals surface area contributed by atoms with Crippen LogP contribution in [0, 0.1) is 0 Å². The molecule has 0 radical (unpaired) electrons. The van der Waals surface area contributed by atoms with Gasteiger partial charge in [-0.1, -0.05) is 6.08 Å². The van der Waals surface area contributed by atoms with Gasteiger partial charge in [0.2, 0.25) is 0 Å². The molecule has 17 heavy (non-hydrogen) atoms. The summed E-state index contributed by atoms with van der Waals surface area (Å²) in [6, 6.07) is 4.22. The van der Waals surface area contributed by atoms with Crippen LogP contribution in [0.3, 0.4) is 0 Å². The average Bonchev–Trinajstić information content (AvgIpc) is 2.85. The van der Waals surface area contributed by atoms with Crippen LogP contribution in [-0.2, 0) is 6.42 Å². The summed E-state index contributed by atoms with van der Waals surface area (Å²) in [5.41, 5.74) is 4.05. The van der Waals surface area contributed by atoms with E-state index < -0.39 is 0 Å². The highest BCUT2D eigenvalue weighted by atomic mass is 16.5. The largest absolute Gasteiger partial charge is 0.493 e. The minimum atomic E-state index is 0.820. The average molecular weight is 231 g/mol. The highest BCUT2D eigenvalue weighted by molar-refractivity contribution is 5.72. The Morgan fingerprint density at radius 1 is 1.06 bits per heavy atom. The molecule has 2 aliphatic rings. The molecule has 3 nitrogen and oxygen atoms in total. The van der Waals surface area contributed by atoms with Gasteiger partial charge in [0, 0.05) is 24.4 Å². The molecule has 3 rings (SSSR count). The number of methoxy groups -OCH3 is 2. The third kappa shape index (κ3) is 1.57. The zero-order chi connectivity index (χ0) is 11.8. The van der Waals surface area contributed by atoms with Gasteiger partial charge in [-0.05, 0) is 30.5 Å². The maximum atomic E-state index is 5.38. The summed E-state index contributed by atoms with van der Waals surface area (Å²) in [6.45, 7) is 2.28. The highest BCUT2D eigenvalue weighted by Gasteiger charge is 2.25. The van der Waals surface area contributed by atoms with E-state index in [-0.39, 0.29) is 0 Å². The minimum Gasteiger partial charge on any atom is -0.493 e. The molecular weight excluding hydrogens is 214 g/mol. The van der Waals surface area contributed by atoms with E-state index in [0.29, 0.717) is 0 Å². The normalized spacial score (nSPS) is 17.3. The first-order valence-electron chi connectivity index (χ1n) is 6.04. The van der Waals surface area contributed by atoms with E-state index in [2.05, 4.69) is 23.1 Å². The molecule has 2 aliphatic heterocycles. The second kappa shape index (κ2) is 3.99. The fourth-order valence-electron chi connectivity index (χ4n) is 2.74. The van der Waals surface area contributed by atoms with Gasteiger partial charge in [0.15, 0.2) is 11.5 Å². The Kier molecular flexibility index (Phi) is 2.46. The van der Waals surface area contributed by atoms with E-state index >= 15 is 0 Å². The van der Waals surface area contributed by atoms with E-state index in [9.17, 15) is 0 Å². The van der Waals surface area contributed by atoms with E-state index in [1.165, 1.54) is 16.8 Å². The van der Waals surface area contributed by atoms with Crippen molar-refractivity contribution < 1.29 is 9.47 Å². The highest BCUT2D eigenvalue weighted by Crippen LogP contribution is 2.39. The molecule has 0 atom stereocenters. The van der Waals surface area contributed by atoms with Crippen LogP contribution in [0.15, 0.2) is 18.2 Å². The van der Waals surface area contributed by atoms with Gasteiger partial charge >= 0.3 is 0 Å². The Morgan fingerprint density at radius 2 is 1.82 bits per heavy atom. The second-order valence-electron chi connectivity index (χ2n) is 4.48. The van der Waals surface area contributed by atoms with Gasteiger partial charge in [-0.25, -0.2) is 0 Å². The Labute approximate surface area is 102 Å². The quantitative estimate of drug-likeness (QED) is 0.779. The van der Waals surface area contributed by atoms with Crippen molar-refractivity contribution in [2.45, 2.75) is 12.8 Å². The van der Waals surface area contributed by atoms with E-state index in [1.54, 1.807) is 14.2 Å². The van der Waals surface area contributed by atoms with Crippen molar-refractivity contribution in [2.24, 2.45) is 0 Å². The Bertz CT molecular complexity index is 479. The lowest BCUT2D eigenvalue weighted by molar-refractivity contribution is 0.352. The molecule has 3 heteroatoms. The molecular formula is C14H17NO2. The standard InChI is InChI=1S/C14H17NO2/c1-16-13-8-10-5-7-15-6-3-4-12(15)11(10)9-14(13)17-2/h4,8-9H,3,5-7H2,1-2H3. The first-order chi connectivity index (χ1) is 8.33. The molecule has 0 saturated heterocycles. The molecule has 0 saturated carbocycles. The van der Waals surface area contributed by atoms with Gasteiger partial charge in [0.25, 0.3) is 0 Å². The lowest BCUT2D eigenvalue weighted by Gasteiger charge is -2.30. The molecule has 0 amide bonds. The summed E-state index contributed by atoms with van der Waals surface area (Å²) in [5.74, 6) is 1.65. The van der Waals surface area contributed by atoms with Gasteiger partial charge in [-0.3, -0.25) is 0 Å². The van der Waals surface area contributed by atoms with Crippen molar-refractivity contribution in [3.63, 3.8) is 0 Å². The second-order valence-corrected chi connectivity index (χ2v) is 4.48. The number of hydrogen-bond donors (Lipinski definition) is 0. The Balaban J connectivity index is 2.12. The summed E-state index contributed by atoms with van der Waals surface area (Å²) in [5, 5.41) is 0. The van der Waals surface area contributed by atoms with Crippen molar-refractivity contribution in [1.29, 1.82) is 0 Å². The maximum Gasteiger partial charge on any atom is 0.161 e. The van der Waals surface area contributed by atoms with Crippen LogP contribution in [0.25, 0.3) is 5.70 Å². The predicted molar refractivity (Wildman–Crippen MR) is 67.4 cm³/mol. The smallest absolute Gasteiger partial charge is 0.161 e. The number of ether oxygens (including phenoxy) is 2. The molecule has 0 fully saturated rings. The van der Waals surface area contributed by atoms with Gasteiger partial charge in [-0.15, -0.1) is 0 Å². The van der Waals surface area contributed by atoms with Crippen LogP contribution in [0.2, 0.25) is 0 Å². The fraction of sp³-hybridized carbons (Fsp3) is 0.429. The summed E-state index contributed by atoms with van der Waals surface area (Å²) < 4.78 is 10.7. The van der Waals surface area contributed by atoms with Crippen LogP contribution < -0.4 is 9.47 Å². The van der Waals surface area contributed by atoms with Crippen LogP contribution in [0.1, 0.15) is 17.5 Å². The molecule has 0 bridgehead atoms. The maximum absolute atomic E-state index is 5.38.